The van der Waals surface area contributed by atoms with Crippen molar-refractivity contribution in [3.8, 4) is 0 Å². The van der Waals surface area contributed by atoms with Crippen LogP contribution in [0.25, 0.3) is 0 Å². The molecule has 1 fully saturated rings. The highest BCUT2D eigenvalue weighted by Crippen LogP contribution is 2.48. The molecule has 4 nitrogen and oxygen atoms in total. The van der Waals surface area contributed by atoms with E-state index in [1.54, 1.807) is 0 Å². The van der Waals surface area contributed by atoms with Crippen molar-refractivity contribution in [3.63, 3.8) is 0 Å². The molecule has 0 heterocycles. The van der Waals surface area contributed by atoms with Crippen molar-refractivity contribution in [2.45, 2.75) is 38.5 Å². The average molecular weight is 449 g/mol. The molecule has 0 saturated heterocycles. The number of halogens is 2. The molecular weight excluding hydrogens is 420 g/mol. The van der Waals surface area contributed by atoms with Gasteiger partial charge in [-0.1, -0.05) is 12.1 Å². The van der Waals surface area contributed by atoms with E-state index in [1.807, 2.05) is 19.1 Å². The van der Waals surface area contributed by atoms with Gasteiger partial charge in [0, 0.05) is 31.7 Å². The topological polar surface area (TPSA) is 45.7 Å². The lowest BCUT2D eigenvalue weighted by Gasteiger charge is -2.16. The number of rotatable bonds is 9. The Labute approximate surface area is 161 Å². The Morgan fingerprint density at radius 3 is 2.50 bits per heavy atom. The largest absolute Gasteiger partial charge is 0.382 e. The van der Waals surface area contributed by atoms with Crippen molar-refractivity contribution in [1.82, 2.24) is 10.6 Å². The molecule has 0 unspecified atom stereocenters. The molecule has 0 bridgehead atoms. The summed E-state index contributed by atoms with van der Waals surface area (Å²) in [5, 5.41) is 6.61. The normalized spacial score (nSPS) is 15.5. The van der Waals surface area contributed by atoms with Crippen molar-refractivity contribution in [2.24, 2.45) is 4.99 Å². The molecule has 1 aliphatic carbocycles. The van der Waals surface area contributed by atoms with E-state index in [2.05, 4.69) is 17.6 Å². The summed E-state index contributed by atoms with van der Waals surface area (Å²) in [6, 6.07) is 6.85. The molecule has 0 atom stereocenters. The molecule has 0 radical (unpaired) electrons. The Kier molecular flexibility index (Phi) is 9.58. The third-order valence-corrected chi connectivity index (χ3v) is 4.16. The van der Waals surface area contributed by atoms with Gasteiger partial charge in [0.05, 0.1) is 6.54 Å². The first-order chi connectivity index (χ1) is 11.2. The zero-order chi connectivity index (χ0) is 16.5. The third-order valence-electron chi connectivity index (χ3n) is 4.16. The zero-order valence-corrected chi connectivity index (χ0v) is 16.9. The molecule has 1 aromatic carbocycles. The van der Waals surface area contributed by atoms with E-state index >= 15 is 0 Å². The molecule has 1 aromatic rings. The van der Waals surface area contributed by atoms with E-state index in [1.165, 1.54) is 17.7 Å². The maximum absolute atomic E-state index is 13.1. The average Bonchev–Trinajstić information content (AvgIpc) is 3.34. The standard InChI is InChI=1S/C18H28FN3O.HI/c1-3-20-17(21-12-5-13-23-4-2)22-14-18(10-11-18)15-6-8-16(19)9-7-15;/h6-9H,3-5,10-14H2,1-2H3,(H2,20,21,22);1H. The minimum absolute atomic E-state index is 0. The van der Waals surface area contributed by atoms with Crippen LogP contribution in [0, 0.1) is 5.82 Å². The van der Waals surface area contributed by atoms with Gasteiger partial charge >= 0.3 is 0 Å². The maximum Gasteiger partial charge on any atom is 0.191 e. The zero-order valence-electron chi connectivity index (χ0n) is 14.6. The Bertz CT molecular complexity index is 503. The smallest absolute Gasteiger partial charge is 0.191 e. The Morgan fingerprint density at radius 1 is 1.21 bits per heavy atom. The van der Waals surface area contributed by atoms with Crippen LogP contribution >= 0.6 is 24.0 Å². The quantitative estimate of drug-likeness (QED) is 0.263. The van der Waals surface area contributed by atoms with E-state index in [0.29, 0.717) is 0 Å². The fourth-order valence-electron chi connectivity index (χ4n) is 2.59. The lowest BCUT2D eigenvalue weighted by Crippen LogP contribution is -2.38. The van der Waals surface area contributed by atoms with Gasteiger partial charge < -0.3 is 15.4 Å². The second-order valence-electron chi connectivity index (χ2n) is 5.96. The highest BCUT2D eigenvalue weighted by molar-refractivity contribution is 14.0. The first-order valence-corrected chi connectivity index (χ1v) is 8.56. The van der Waals surface area contributed by atoms with Crippen molar-refractivity contribution < 1.29 is 9.13 Å². The van der Waals surface area contributed by atoms with Gasteiger partial charge in [-0.25, -0.2) is 4.39 Å². The van der Waals surface area contributed by atoms with Gasteiger partial charge in [0.15, 0.2) is 5.96 Å². The van der Waals surface area contributed by atoms with Crippen LogP contribution in [-0.4, -0.2) is 38.8 Å². The van der Waals surface area contributed by atoms with Crippen LogP contribution < -0.4 is 10.6 Å². The van der Waals surface area contributed by atoms with Crippen LogP contribution in [0.2, 0.25) is 0 Å². The number of guanidine groups is 1. The minimum atomic E-state index is -0.183. The summed E-state index contributed by atoms with van der Waals surface area (Å²) in [6.45, 7) is 8.00. The SMILES string of the molecule is CCNC(=NCC1(c2ccc(F)cc2)CC1)NCCCOCC.I. The van der Waals surface area contributed by atoms with Crippen LogP contribution in [0.3, 0.4) is 0 Å². The highest BCUT2D eigenvalue weighted by atomic mass is 127. The van der Waals surface area contributed by atoms with E-state index < -0.39 is 0 Å². The van der Waals surface area contributed by atoms with E-state index in [9.17, 15) is 4.39 Å². The molecule has 0 aliphatic heterocycles. The van der Waals surface area contributed by atoms with E-state index in [4.69, 9.17) is 9.73 Å². The van der Waals surface area contributed by atoms with Crippen LogP contribution in [0.1, 0.15) is 38.7 Å². The monoisotopic (exact) mass is 449 g/mol. The number of hydrogen-bond acceptors (Lipinski definition) is 2. The summed E-state index contributed by atoms with van der Waals surface area (Å²) in [5.41, 5.74) is 1.29. The molecule has 6 heteroatoms. The lowest BCUT2D eigenvalue weighted by atomic mass is 9.96. The van der Waals surface area contributed by atoms with Gasteiger partial charge in [0.1, 0.15) is 5.82 Å². The number of aliphatic imine (C=N–C) groups is 1. The first kappa shape index (κ1) is 21.2. The number of benzene rings is 1. The molecule has 24 heavy (non-hydrogen) atoms. The summed E-state index contributed by atoms with van der Waals surface area (Å²) in [7, 11) is 0. The molecule has 136 valence electrons. The van der Waals surface area contributed by atoms with Gasteiger partial charge in [-0.2, -0.15) is 0 Å². The second kappa shape index (κ2) is 10.9. The van der Waals surface area contributed by atoms with Gasteiger partial charge in [-0.15, -0.1) is 24.0 Å². The number of nitrogens with zero attached hydrogens (tertiary/aromatic N) is 1. The van der Waals surface area contributed by atoms with Crippen molar-refractivity contribution >= 4 is 29.9 Å². The van der Waals surface area contributed by atoms with Gasteiger partial charge in [0.2, 0.25) is 0 Å². The van der Waals surface area contributed by atoms with Crippen LogP contribution in [-0.2, 0) is 10.2 Å². The second-order valence-corrected chi connectivity index (χ2v) is 5.96. The molecular formula is C18H29FIN3O. The summed E-state index contributed by atoms with van der Waals surface area (Å²) in [5.74, 6) is 0.662. The summed E-state index contributed by atoms with van der Waals surface area (Å²) >= 11 is 0. The number of hydrogen-bond donors (Lipinski definition) is 2. The van der Waals surface area contributed by atoms with Crippen molar-refractivity contribution in [1.29, 1.82) is 0 Å². The fraction of sp³-hybridized carbons (Fsp3) is 0.611. The van der Waals surface area contributed by atoms with Crippen molar-refractivity contribution in [2.75, 3.05) is 32.8 Å². The molecule has 1 aliphatic rings. The number of ether oxygens (including phenoxy) is 1. The molecule has 1 saturated carbocycles. The molecule has 0 aromatic heterocycles. The fourth-order valence-corrected chi connectivity index (χ4v) is 2.59. The number of nitrogens with one attached hydrogen (secondary N) is 2. The molecule has 2 N–H and O–H groups in total. The van der Waals surface area contributed by atoms with Gasteiger partial charge in [0.25, 0.3) is 0 Å². The third kappa shape index (κ3) is 6.55. The maximum atomic E-state index is 13.1. The van der Waals surface area contributed by atoms with Crippen LogP contribution in [0.5, 0.6) is 0 Å². The van der Waals surface area contributed by atoms with Gasteiger partial charge in [-0.05, 0) is 50.8 Å². The summed E-state index contributed by atoms with van der Waals surface area (Å²) < 4.78 is 18.4. The first-order valence-electron chi connectivity index (χ1n) is 8.56. The minimum Gasteiger partial charge on any atom is -0.382 e. The van der Waals surface area contributed by atoms with Crippen molar-refractivity contribution in [3.05, 3.63) is 35.6 Å². The van der Waals surface area contributed by atoms with E-state index in [-0.39, 0.29) is 35.2 Å². The van der Waals surface area contributed by atoms with Crippen LogP contribution in [0.15, 0.2) is 29.3 Å². The Hall–Kier alpha value is -0.890. The lowest BCUT2D eigenvalue weighted by molar-refractivity contribution is 0.145. The predicted octanol–water partition coefficient (Wildman–Crippen LogP) is 3.46. The molecule has 2 rings (SSSR count). The predicted molar refractivity (Wildman–Crippen MR) is 108 cm³/mol. The van der Waals surface area contributed by atoms with Crippen LogP contribution in [0.4, 0.5) is 4.39 Å². The van der Waals surface area contributed by atoms with Gasteiger partial charge in [-0.3, -0.25) is 4.99 Å². The Morgan fingerprint density at radius 2 is 1.92 bits per heavy atom. The highest BCUT2D eigenvalue weighted by Gasteiger charge is 2.44. The summed E-state index contributed by atoms with van der Waals surface area (Å²) in [4.78, 5) is 4.72. The Balaban J connectivity index is 0.00000288. The molecule has 0 amide bonds. The van der Waals surface area contributed by atoms with E-state index in [0.717, 1.165) is 58.1 Å². The molecule has 0 spiro atoms. The summed E-state index contributed by atoms with van der Waals surface area (Å²) in [6.07, 6.45) is 3.19.